The Morgan fingerprint density at radius 1 is 1.03 bits per heavy atom. The number of carbonyl (C=O) groups is 1. The minimum absolute atomic E-state index is 0.0990. The Morgan fingerprint density at radius 2 is 1.76 bits per heavy atom. The third-order valence-corrected chi connectivity index (χ3v) is 5.16. The second-order valence-corrected chi connectivity index (χ2v) is 7.51. The standard InChI is InChI=1S/C24H24ClNO3/c1-4-5-22-20(17-7-9-18(25)10-8-17)13-21(24(27)28)23(26-22)14-29-19-11-6-15(2)16(3)12-19/h6-13H,4-5,14H2,1-3H3,(H,27,28). The lowest BCUT2D eigenvalue weighted by Crippen LogP contribution is -2.11. The fourth-order valence-electron chi connectivity index (χ4n) is 3.15. The van der Waals surface area contributed by atoms with Gasteiger partial charge in [0.25, 0.3) is 0 Å². The summed E-state index contributed by atoms with van der Waals surface area (Å²) in [4.78, 5) is 16.6. The highest BCUT2D eigenvalue weighted by Gasteiger charge is 2.18. The van der Waals surface area contributed by atoms with Crippen molar-refractivity contribution < 1.29 is 14.6 Å². The molecule has 3 rings (SSSR count). The lowest BCUT2D eigenvalue weighted by Gasteiger charge is -2.15. The van der Waals surface area contributed by atoms with Crippen LogP contribution in [0.2, 0.25) is 5.02 Å². The number of carboxylic acid groups (broad SMARTS) is 1. The molecule has 0 radical (unpaired) electrons. The molecule has 0 aliphatic carbocycles. The number of aromatic carboxylic acids is 1. The van der Waals surface area contributed by atoms with Gasteiger partial charge in [-0.25, -0.2) is 4.79 Å². The van der Waals surface area contributed by atoms with E-state index in [1.54, 1.807) is 18.2 Å². The molecule has 0 aliphatic heterocycles. The third kappa shape index (κ3) is 4.96. The summed E-state index contributed by atoms with van der Waals surface area (Å²) >= 11 is 6.00. The number of ether oxygens (including phenoxy) is 1. The van der Waals surface area contributed by atoms with E-state index in [1.165, 1.54) is 5.56 Å². The van der Waals surface area contributed by atoms with Gasteiger partial charge in [0.2, 0.25) is 0 Å². The van der Waals surface area contributed by atoms with Gasteiger partial charge in [-0.15, -0.1) is 0 Å². The fourth-order valence-corrected chi connectivity index (χ4v) is 3.28. The van der Waals surface area contributed by atoms with E-state index in [1.807, 2.05) is 44.2 Å². The Balaban J connectivity index is 1.99. The molecule has 29 heavy (non-hydrogen) atoms. The normalized spacial score (nSPS) is 10.8. The lowest BCUT2D eigenvalue weighted by molar-refractivity contribution is 0.0693. The smallest absolute Gasteiger partial charge is 0.337 e. The van der Waals surface area contributed by atoms with Gasteiger partial charge in [0.15, 0.2) is 0 Å². The van der Waals surface area contributed by atoms with Gasteiger partial charge >= 0.3 is 5.97 Å². The monoisotopic (exact) mass is 409 g/mol. The maximum absolute atomic E-state index is 11.9. The number of aromatic nitrogens is 1. The molecule has 1 heterocycles. The van der Waals surface area contributed by atoms with E-state index < -0.39 is 5.97 Å². The van der Waals surface area contributed by atoms with Crippen molar-refractivity contribution in [1.29, 1.82) is 0 Å². The van der Waals surface area contributed by atoms with E-state index >= 15 is 0 Å². The quantitative estimate of drug-likeness (QED) is 0.501. The Kier molecular flexibility index (Phi) is 6.55. The van der Waals surface area contributed by atoms with Gasteiger partial charge in [-0.2, -0.15) is 0 Å². The van der Waals surface area contributed by atoms with E-state index in [0.29, 0.717) is 16.5 Å². The highest BCUT2D eigenvalue weighted by Crippen LogP contribution is 2.28. The zero-order valence-corrected chi connectivity index (χ0v) is 17.6. The van der Waals surface area contributed by atoms with Crippen molar-refractivity contribution in [2.45, 2.75) is 40.2 Å². The van der Waals surface area contributed by atoms with Gasteiger partial charge in [-0.3, -0.25) is 4.98 Å². The molecule has 150 valence electrons. The van der Waals surface area contributed by atoms with E-state index in [4.69, 9.17) is 21.3 Å². The van der Waals surface area contributed by atoms with Crippen LogP contribution in [0.3, 0.4) is 0 Å². The number of aryl methyl sites for hydroxylation is 3. The van der Waals surface area contributed by atoms with Crippen LogP contribution >= 0.6 is 11.6 Å². The summed E-state index contributed by atoms with van der Waals surface area (Å²) in [6, 6.07) is 14.9. The van der Waals surface area contributed by atoms with Crippen molar-refractivity contribution in [3.8, 4) is 16.9 Å². The van der Waals surface area contributed by atoms with Crippen LogP contribution in [0.25, 0.3) is 11.1 Å². The van der Waals surface area contributed by atoms with Crippen LogP contribution in [0.5, 0.6) is 5.75 Å². The number of hydrogen-bond acceptors (Lipinski definition) is 3. The molecule has 0 atom stereocenters. The molecule has 0 bridgehead atoms. The molecule has 4 nitrogen and oxygen atoms in total. The molecule has 0 unspecified atom stereocenters. The van der Waals surface area contributed by atoms with E-state index in [9.17, 15) is 9.90 Å². The van der Waals surface area contributed by atoms with Crippen LogP contribution in [0.4, 0.5) is 0 Å². The first-order chi connectivity index (χ1) is 13.9. The predicted molar refractivity (Wildman–Crippen MR) is 116 cm³/mol. The van der Waals surface area contributed by atoms with E-state index in [0.717, 1.165) is 35.2 Å². The minimum atomic E-state index is -1.02. The minimum Gasteiger partial charge on any atom is -0.487 e. The topological polar surface area (TPSA) is 59.4 Å². The first-order valence-electron chi connectivity index (χ1n) is 9.61. The van der Waals surface area contributed by atoms with Crippen molar-refractivity contribution in [3.05, 3.63) is 81.6 Å². The van der Waals surface area contributed by atoms with Gasteiger partial charge in [0.05, 0.1) is 11.3 Å². The van der Waals surface area contributed by atoms with Crippen molar-refractivity contribution in [2.24, 2.45) is 0 Å². The van der Waals surface area contributed by atoms with Gasteiger partial charge < -0.3 is 9.84 Å². The molecule has 1 aromatic heterocycles. The van der Waals surface area contributed by atoms with Gasteiger partial charge in [-0.05, 0) is 67.3 Å². The van der Waals surface area contributed by atoms with E-state index in [2.05, 4.69) is 6.92 Å². The number of rotatable bonds is 7. The molecule has 0 saturated carbocycles. The molecule has 1 N–H and O–H groups in total. The summed E-state index contributed by atoms with van der Waals surface area (Å²) in [7, 11) is 0. The first-order valence-corrected chi connectivity index (χ1v) is 9.99. The number of carboxylic acids is 1. The summed E-state index contributed by atoms with van der Waals surface area (Å²) < 4.78 is 5.87. The summed E-state index contributed by atoms with van der Waals surface area (Å²) in [6.07, 6.45) is 1.64. The zero-order valence-electron chi connectivity index (χ0n) is 16.8. The Bertz CT molecular complexity index is 1030. The first kappa shape index (κ1) is 20.9. The zero-order chi connectivity index (χ0) is 21.0. The molecule has 0 saturated heterocycles. The van der Waals surface area contributed by atoms with Gasteiger partial charge in [0.1, 0.15) is 12.4 Å². The highest BCUT2D eigenvalue weighted by atomic mass is 35.5. The maximum Gasteiger partial charge on any atom is 0.337 e. The summed E-state index contributed by atoms with van der Waals surface area (Å²) in [5, 5.41) is 10.4. The van der Waals surface area contributed by atoms with Crippen molar-refractivity contribution in [3.63, 3.8) is 0 Å². The maximum atomic E-state index is 11.9. The van der Waals surface area contributed by atoms with Crippen LogP contribution < -0.4 is 4.74 Å². The largest absolute Gasteiger partial charge is 0.487 e. The van der Waals surface area contributed by atoms with Crippen LogP contribution in [0, 0.1) is 13.8 Å². The third-order valence-electron chi connectivity index (χ3n) is 4.91. The SMILES string of the molecule is CCCc1nc(COc2ccc(C)c(C)c2)c(C(=O)O)cc1-c1ccc(Cl)cc1. The van der Waals surface area contributed by atoms with Crippen molar-refractivity contribution in [1.82, 2.24) is 4.98 Å². The predicted octanol–water partition coefficient (Wildman–Crippen LogP) is 6.25. The second kappa shape index (κ2) is 9.10. The Labute approximate surface area is 176 Å². The van der Waals surface area contributed by atoms with Crippen LogP contribution in [-0.4, -0.2) is 16.1 Å². The summed E-state index contributed by atoms with van der Waals surface area (Å²) in [5.74, 6) is -0.320. The highest BCUT2D eigenvalue weighted by molar-refractivity contribution is 6.30. The molecule has 2 aromatic carbocycles. The van der Waals surface area contributed by atoms with Gasteiger partial charge in [-0.1, -0.05) is 43.1 Å². The number of pyridine rings is 1. The average molecular weight is 410 g/mol. The molecular weight excluding hydrogens is 386 g/mol. The number of nitrogens with zero attached hydrogens (tertiary/aromatic N) is 1. The van der Waals surface area contributed by atoms with Crippen LogP contribution in [0.1, 0.15) is 46.2 Å². The summed E-state index contributed by atoms with van der Waals surface area (Å²) in [5.41, 5.74) is 5.46. The molecule has 0 aliphatic rings. The fraction of sp³-hybridized carbons (Fsp3) is 0.250. The van der Waals surface area contributed by atoms with Crippen molar-refractivity contribution >= 4 is 17.6 Å². The molecule has 0 fully saturated rings. The number of halogens is 1. The Hall–Kier alpha value is -2.85. The average Bonchev–Trinajstić information content (AvgIpc) is 2.69. The lowest BCUT2D eigenvalue weighted by atomic mass is 9.98. The van der Waals surface area contributed by atoms with Crippen molar-refractivity contribution in [2.75, 3.05) is 0 Å². The molecule has 0 spiro atoms. The molecule has 0 amide bonds. The molecule has 5 heteroatoms. The van der Waals surface area contributed by atoms with Crippen LogP contribution in [0.15, 0.2) is 48.5 Å². The van der Waals surface area contributed by atoms with E-state index in [-0.39, 0.29) is 12.2 Å². The number of benzene rings is 2. The summed E-state index contributed by atoms with van der Waals surface area (Å²) in [6.45, 7) is 6.23. The Morgan fingerprint density at radius 3 is 2.38 bits per heavy atom. The van der Waals surface area contributed by atoms with Crippen LogP contribution in [-0.2, 0) is 13.0 Å². The second-order valence-electron chi connectivity index (χ2n) is 7.07. The molecular formula is C24H24ClNO3. The number of hydrogen-bond donors (Lipinski definition) is 1. The van der Waals surface area contributed by atoms with Gasteiger partial charge in [0, 0.05) is 16.3 Å². The molecule has 3 aromatic rings.